The van der Waals surface area contributed by atoms with Gasteiger partial charge in [0.05, 0.1) is 4.90 Å². The summed E-state index contributed by atoms with van der Waals surface area (Å²) in [5.41, 5.74) is 3.74. The zero-order valence-corrected chi connectivity index (χ0v) is 14.1. The largest absolute Gasteiger partial charge is 0.240 e. The maximum atomic E-state index is 12.4. The molecule has 0 heterocycles. The Bertz CT molecular complexity index is 754. The minimum atomic E-state index is -3.40. The van der Waals surface area contributed by atoms with Gasteiger partial charge in [0, 0.05) is 6.54 Å². The number of rotatable bonds is 6. The lowest BCUT2D eigenvalue weighted by Gasteiger charge is -2.16. The molecule has 0 bridgehead atoms. The smallest absolute Gasteiger partial charge is 0.211 e. The van der Waals surface area contributed by atoms with Crippen LogP contribution in [0, 0.1) is 0 Å². The Balaban J connectivity index is 1.58. The molecule has 0 unspecified atom stereocenters. The molecule has 0 saturated carbocycles. The Labute approximate surface area is 138 Å². The summed E-state index contributed by atoms with van der Waals surface area (Å²) in [6.07, 6.45) is 6.10. The lowest BCUT2D eigenvalue weighted by molar-refractivity contribution is 0.578. The Kier molecular flexibility index (Phi) is 5.13. The van der Waals surface area contributed by atoms with Crippen LogP contribution in [0.4, 0.5) is 0 Å². The lowest BCUT2D eigenvalue weighted by Crippen LogP contribution is -2.25. The molecule has 1 aliphatic rings. The number of hydrogen-bond donors (Lipinski definition) is 1. The second kappa shape index (κ2) is 7.28. The van der Waals surface area contributed by atoms with Gasteiger partial charge in [-0.1, -0.05) is 36.4 Å². The van der Waals surface area contributed by atoms with E-state index >= 15 is 0 Å². The van der Waals surface area contributed by atoms with E-state index in [-0.39, 0.29) is 0 Å². The van der Waals surface area contributed by atoms with Crippen LogP contribution in [0.15, 0.2) is 53.4 Å². The third-order valence-electron chi connectivity index (χ3n) is 4.41. The van der Waals surface area contributed by atoms with Gasteiger partial charge in [0.1, 0.15) is 0 Å². The number of benzene rings is 2. The summed E-state index contributed by atoms with van der Waals surface area (Å²) in [5, 5.41) is 0. The molecule has 4 heteroatoms. The highest BCUT2D eigenvalue weighted by molar-refractivity contribution is 7.89. The number of hydrogen-bond acceptors (Lipinski definition) is 2. The summed E-state index contributed by atoms with van der Waals surface area (Å²) in [6, 6.07) is 15.7. The molecule has 0 fully saturated rings. The monoisotopic (exact) mass is 329 g/mol. The zero-order chi connectivity index (χ0) is 16.1. The maximum Gasteiger partial charge on any atom is 0.240 e. The van der Waals surface area contributed by atoms with E-state index in [1.165, 1.54) is 23.1 Å². The van der Waals surface area contributed by atoms with E-state index in [4.69, 9.17) is 0 Å². The number of fused-ring (bicyclic) bond motifs is 1. The predicted octanol–water partition coefficient (Wildman–Crippen LogP) is 3.48. The van der Waals surface area contributed by atoms with Crippen molar-refractivity contribution in [2.75, 3.05) is 6.54 Å². The number of sulfonamides is 1. The summed E-state index contributed by atoms with van der Waals surface area (Å²) in [7, 11) is -3.40. The van der Waals surface area contributed by atoms with Gasteiger partial charge in [-0.05, 0) is 67.3 Å². The third kappa shape index (κ3) is 4.21. The second-order valence-electron chi connectivity index (χ2n) is 6.12. The first-order valence-electron chi connectivity index (χ1n) is 8.30. The van der Waals surface area contributed by atoms with E-state index in [1.807, 2.05) is 30.3 Å². The Morgan fingerprint density at radius 1 is 0.913 bits per heavy atom. The molecular formula is C19H23NO2S. The van der Waals surface area contributed by atoms with Crippen molar-refractivity contribution in [3.8, 4) is 0 Å². The van der Waals surface area contributed by atoms with Crippen LogP contribution in [0.5, 0.6) is 0 Å². The molecule has 3 rings (SSSR count). The predicted molar refractivity (Wildman–Crippen MR) is 93.0 cm³/mol. The van der Waals surface area contributed by atoms with E-state index in [0.29, 0.717) is 11.4 Å². The SMILES string of the molecule is O=S(=O)(NCCCc1ccccc1)c1ccc2c(c1)CCCC2. The highest BCUT2D eigenvalue weighted by Gasteiger charge is 2.17. The van der Waals surface area contributed by atoms with Gasteiger partial charge in [-0.3, -0.25) is 0 Å². The molecule has 0 amide bonds. The Morgan fingerprint density at radius 3 is 2.43 bits per heavy atom. The summed E-state index contributed by atoms with van der Waals surface area (Å²) < 4.78 is 27.6. The molecule has 0 aliphatic heterocycles. The van der Waals surface area contributed by atoms with E-state index in [0.717, 1.165) is 32.1 Å². The van der Waals surface area contributed by atoms with Gasteiger partial charge >= 0.3 is 0 Å². The van der Waals surface area contributed by atoms with Gasteiger partial charge in [-0.2, -0.15) is 0 Å². The van der Waals surface area contributed by atoms with Gasteiger partial charge in [0.25, 0.3) is 0 Å². The molecule has 1 aliphatic carbocycles. The molecule has 0 aromatic heterocycles. The number of nitrogens with one attached hydrogen (secondary N) is 1. The fourth-order valence-electron chi connectivity index (χ4n) is 3.10. The van der Waals surface area contributed by atoms with Crippen LogP contribution in [-0.4, -0.2) is 15.0 Å². The Hall–Kier alpha value is -1.65. The first kappa shape index (κ1) is 16.2. The topological polar surface area (TPSA) is 46.2 Å². The molecule has 2 aromatic rings. The lowest BCUT2D eigenvalue weighted by atomic mass is 9.92. The van der Waals surface area contributed by atoms with Crippen molar-refractivity contribution in [2.45, 2.75) is 43.4 Å². The van der Waals surface area contributed by atoms with Crippen LogP contribution in [-0.2, 0) is 29.3 Å². The van der Waals surface area contributed by atoms with Crippen LogP contribution >= 0.6 is 0 Å². The standard InChI is InChI=1S/C19H23NO2S/c21-23(22,20-14-6-9-16-7-2-1-3-8-16)19-13-12-17-10-4-5-11-18(17)15-19/h1-3,7-8,12-13,15,20H,4-6,9-11,14H2. The fraction of sp³-hybridized carbons (Fsp3) is 0.368. The molecule has 0 saturated heterocycles. The summed E-state index contributed by atoms with van der Waals surface area (Å²) in [6.45, 7) is 0.467. The first-order valence-corrected chi connectivity index (χ1v) is 9.79. The molecule has 23 heavy (non-hydrogen) atoms. The summed E-state index contributed by atoms with van der Waals surface area (Å²) >= 11 is 0. The van der Waals surface area contributed by atoms with Gasteiger partial charge in [0.2, 0.25) is 10.0 Å². The van der Waals surface area contributed by atoms with E-state index < -0.39 is 10.0 Å². The van der Waals surface area contributed by atoms with Crippen molar-refractivity contribution in [3.05, 3.63) is 65.2 Å². The van der Waals surface area contributed by atoms with Crippen LogP contribution in [0.2, 0.25) is 0 Å². The van der Waals surface area contributed by atoms with Crippen molar-refractivity contribution >= 4 is 10.0 Å². The molecular weight excluding hydrogens is 306 g/mol. The minimum absolute atomic E-state index is 0.401. The highest BCUT2D eigenvalue weighted by Crippen LogP contribution is 2.24. The van der Waals surface area contributed by atoms with E-state index in [9.17, 15) is 8.42 Å². The van der Waals surface area contributed by atoms with Crippen LogP contribution in [0.25, 0.3) is 0 Å². The maximum absolute atomic E-state index is 12.4. The normalized spacial score (nSPS) is 14.4. The fourth-order valence-corrected chi connectivity index (χ4v) is 4.23. The molecule has 3 nitrogen and oxygen atoms in total. The van der Waals surface area contributed by atoms with Crippen LogP contribution in [0.3, 0.4) is 0 Å². The van der Waals surface area contributed by atoms with E-state index in [1.54, 1.807) is 6.07 Å². The summed E-state index contributed by atoms with van der Waals surface area (Å²) in [5.74, 6) is 0. The molecule has 122 valence electrons. The molecule has 1 N–H and O–H groups in total. The van der Waals surface area contributed by atoms with Crippen molar-refractivity contribution in [2.24, 2.45) is 0 Å². The molecule has 0 radical (unpaired) electrons. The third-order valence-corrected chi connectivity index (χ3v) is 5.87. The highest BCUT2D eigenvalue weighted by atomic mass is 32.2. The van der Waals surface area contributed by atoms with Crippen molar-refractivity contribution in [1.29, 1.82) is 0 Å². The van der Waals surface area contributed by atoms with E-state index in [2.05, 4.69) is 16.9 Å². The summed E-state index contributed by atoms with van der Waals surface area (Å²) in [4.78, 5) is 0.401. The minimum Gasteiger partial charge on any atom is -0.211 e. The van der Waals surface area contributed by atoms with Gasteiger partial charge in [-0.15, -0.1) is 0 Å². The second-order valence-corrected chi connectivity index (χ2v) is 7.89. The van der Waals surface area contributed by atoms with Crippen LogP contribution < -0.4 is 4.72 Å². The molecule has 0 spiro atoms. The van der Waals surface area contributed by atoms with Crippen molar-refractivity contribution in [3.63, 3.8) is 0 Å². The number of aryl methyl sites for hydroxylation is 3. The van der Waals surface area contributed by atoms with Gasteiger partial charge in [0.15, 0.2) is 0 Å². The van der Waals surface area contributed by atoms with Crippen LogP contribution in [0.1, 0.15) is 36.0 Å². The first-order chi connectivity index (χ1) is 11.1. The van der Waals surface area contributed by atoms with Crippen molar-refractivity contribution < 1.29 is 8.42 Å². The van der Waals surface area contributed by atoms with Gasteiger partial charge < -0.3 is 0 Å². The molecule has 2 aromatic carbocycles. The Morgan fingerprint density at radius 2 is 1.65 bits per heavy atom. The average Bonchev–Trinajstić information content (AvgIpc) is 2.59. The van der Waals surface area contributed by atoms with Crippen molar-refractivity contribution in [1.82, 2.24) is 4.72 Å². The zero-order valence-electron chi connectivity index (χ0n) is 13.3. The quantitative estimate of drug-likeness (QED) is 0.825. The van der Waals surface area contributed by atoms with Gasteiger partial charge in [-0.25, -0.2) is 13.1 Å². The average molecular weight is 329 g/mol. The molecule has 0 atom stereocenters.